The van der Waals surface area contributed by atoms with Crippen LogP contribution in [0.5, 0.6) is 5.75 Å². The molecule has 0 spiro atoms. The molecular weight excluding hydrogens is 353 g/mol. The van der Waals surface area contributed by atoms with Gasteiger partial charge in [0.25, 0.3) is 0 Å². The minimum Gasteiger partial charge on any atom is -0.492 e. The first-order valence-electron chi connectivity index (χ1n) is 9.60. The average Bonchev–Trinajstić information content (AvgIpc) is 2.66. The Balaban J connectivity index is 3.22. The van der Waals surface area contributed by atoms with Crippen LogP contribution in [0.15, 0.2) is 47.6 Å². The molecular formula is C23H32FN3O. The van der Waals surface area contributed by atoms with E-state index in [1.807, 2.05) is 13.8 Å². The highest BCUT2D eigenvalue weighted by molar-refractivity contribution is 5.71. The Hall–Kier alpha value is -2.58. The van der Waals surface area contributed by atoms with Crippen LogP contribution in [0.3, 0.4) is 0 Å². The normalized spacial score (nSPS) is 13.0. The van der Waals surface area contributed by atoms with E-state index in [4.69, 9.17) is 4.74 Å². The fraction of sp³-hybridized carbons (Fsp3) is 0.435. The molecule has 0 amide bonds. The number of para-hydroxylation sites is 1. The van der Waals surface area contributed by atoms with Gasteiger partial charge in [-0.2, -0.15) is 0 Å². The summed E-state index contributed by atoms with van der Waals surface area (Å²) in [5, 5.41) is 6.76. The molecule has 1 aromatic carbocycles. The first kappa shape index (κ1) is 23.5. The molecule has 2 N–H and O–H groups in total. The highest BCUT2D eigenvalue weighted by atomic mass is 19.1. The van der Waals surface area contributed by atoms with Gasteiger partial charge in [0.05, 0.1) is 24.4 Å². The van der Waals surface area contributed by atoms with Crippen molar-refractivity contribution in [3.63, 3.8) is 0 Å². The van der Waals surface area contributed by atoms with Crippen LogP contribution in [0.4, 0.5) is 10.1 Å². The summed E-state index contributed by atoms with van der Waals surface area (Å²) in [6.45, 7) is 12.7. The fourth-order valence-electron chi connectivity index (χ4n) is 2.53. The molecule has 0 heterocycles. The molecule has 0 bridgehead atoms. The van der Waals surface area contributed by atoms with Gasteiger partial charge in [-0.1, -0.05) is 44.4 Å². The standard InChI is InChI=1S/C23H32FN3O/c1-7-15-25-17-18(13-14-19(9-3)26-16-8-2)23(4,5)27-21-12-10-11-20(24)22(21)28-6/h7,10-12,15,17,19,26-27H,1,8-9,16H2,2-6H3/b18-17-,25-15?. The third-order valence-corrected chi connectivity index (χ3v) is 4.12. The quantitative estimate of drug-likeness (QED) is 0.443. The molecule has 0 aromatic heterocycles. The lowest BCUT2D eigenvalue weighted by Gasteiger charge is -2.28. The zero-order chi connectivity index (χ0) is 21.0. The van der Waals surface area contributed by atoms with Gasteiger partial charge in [-0.3, -0.25) is 4.99 Å². The molecule has 0 aliphatic carbocycles. The van der Waals surface area contributed by atoms with Crippen molar-refractivity contribution in [1.29, 1.82) is 0 Å². The molecule has 0 aliphatic rings. The van der Waals surface area contributed by atoms with Gasteiger partial charge in [0.1, 0.15) is 0 Å². The van der Waals surface area contributed by atoms with Crippen LogP contribution in [0.2, 0.25) is 0 Å². The highest BCUT2D eigenvalue weighted by Gasteiger charge is 2.24. The van der Waals surface area contributed by atoms with Gasteiger partial charge in [-0.25, -0.2) is 4.39 Å². The van der Waals surface area contributed by atoms with Gasteiger partial charge in [-0.15, -0.1) is 0 Å². The SMILES string of the molecule is C=CC=N/C=C(/C#CC(CC)NCCC)C(C)(C)Nc1cccc(F)c1OC. The van der Waals surface area contributed by atoms with Crippen molar-refractivity contribution >= 4 is 11.9 Å². The Labute approximate surface area is 169 Å². The van der Waals surface area contributed by atoms with E-state index in [-0.39, 0.29) is 11.8 Å². The number of aliphatic imine (C=N–C) groups is 1. The van der Waals surface area contributed by atoms with Gasteiger partial charge in [-0.05, 0) is 45.4 Å². The van der Waals surface area contributed by atoms with Crippen molar-refractivity contribution in [1.82, 2.24) is 5.32 Å². The van der Waals surface area contributed by atoms with Crippen LogP contribution in [-0.2, 0) is 0 Å². The summed E-state index contributed by atoms with van der Waals surface area (Å²) >= 11 is 0. The number of nitrogens with one attached hydrogen (secondary N) is 2. The zero-order valence-electron chi connectivity index (χ0n) is 17.6. The third kappa shape index (κ3) is 7.21. The molecule has 4 nitrogen and oxygen atoms in total. The van der Waals surface area contributed by atoms with E-state index in [2.05, 4.69) is 47.9 Å². The van der Waals surface area contributed by atoms with Crippen LogP contribution in [-0.4, -0.2) is 31.4 Å². The largest absolute Gasteiger partial charge is 0.492 e. The summed E-state index contributed by atoms with van der Waals surface area (Å²) in [6.07, 6.45) is 6.88. The Morgan fingerprint density at radius 3 is 2.75 bits per heavy atom. The molecule has 1 aromatic rings. The zero-order valence-corrected chi connectivity index (χ0v) is 17.6. The third-order valence-electron chi connectivity index (χ3n) is 4.12. The minimum atomic E-state index is -0.602. The number of benzene rings is 1. The molecule has 0 radical (unpaired) electrons. The summed E-state index contributed by atoms with van der Waals surface area (Å²) in [5.74, 6) is 6.30. The number of halogens is 1. The van der Waals surface area contributed by atoms with E-state index < -0.39 is 11.4 Å². The maximum absolute atomic E-state index is 14.0. The second-order valence-corrected chi connectivity index (χ2v) is 6.83. The van der Waals surface area contributed by atoms with Crippen LogP contribution in [0.25, 0.3) is 0 Å². The van der Waals surface area contributed by atoms with Gasteiger partial charge in [0, 0.05) is 18.0 Å². The van der Waals surface area contributed by atoms with Crippen molar-refractivity contribution in [2.24, 2.45) is 4.99 Å². The Bertz CT molecular complexity index is 757. The number of allylic oxidation sites excluding steroid dienone is 1. The van der Waals surface area contributed by atoms with E-state index in [1.54, 1.807) is 30.6 Å². The molecule has 5 heteroatoms. The van der Waals surface area contributed by atoms with Gasteiger partial charge in [0.15, 0.2) is 11.6 Å². The number of hydrogen-bond donors (Lipinski definition) is 2. The summed E-state index contributed by atoms with van der Waals surface area (Å²) < 4.78 is 19.3. The van der Waals surface area contributed by atoms with Crippen molar-refractivity contribution in [2.75, 3.05) is 19.0 Å². The number of rotatable bonds is 10. The molecule has 0 aliphatic heterocycles. The summed E-state index contributed by atoms with van der Waals surface area (Å²) in [4.78, 5) is 4.25. The minimum absolute atomic E-state index is 0.103. The lowest BCUT2D eigenvalue weighted by molar-refractivity contribution is 0.387. The molecule has 1 atom stereocenters. The smallest absolute Gasteiger partial charge is 0.177 e. The number of methoxy groups -OCH3 is 1. The topological polar surface area (TPSA) is 45.7 Å². The lowest BCUT2D eigenvalue weighted by atomic mass is 9.94. The first-order valence-corrected chi connectivity index (χ1v) is 9.60. The van der Waals surface area contributed by atoms with Crippen molar-refractivity contribution in [2.45, 2.75) is 52.1 Å². The van der Waals surface area contributed by atoms with E-state index in [0.29, 0.717) is 5.69 Å². The molecule has 1 unspecified atom stereocenters. The van der Waals surface area contributed by atoms with Crippen LogP contribution in [0, 0.1) is 17.7 Å². The monoisotopic (exact) mass is 385 g/mol. The molecule has 0 fully saturated rings. The maximum atomic E-state index is 14.0. The van der Waals surface area contributed by atoms with E-state index in [0.717, 1.165) is 25.0 Å². The molecule has 0 saturated carbocycles. The van der Waals surface area contributed by atoms with Crippen molar-refractivity contribution < 1.29 is 9.13 Å². The Kier molecular flexibility index (Phi) is 10.0. The van der Waals surface area contributed by atoms with Crippen molar-refractivity contribution in [3.8, 4) is 17.6 Å². The number of nitrogens with zero attached hydrogens (tertiary/aromatic N) is 1. The van der Waals surface area contributed by atoms with Gasteiger partial charge < -0.3 is 15.4 Å². The molecule has 0 saturated heterocycles. The van der Waals surface area contributed by atoms with Crippen molar-refractivity contribution in [3.05, 3.63) is 48.4 Å². The van der Waals surface area contributed by atoms with Crippen LogP contribution >= 0.6 is 0 Å². The Morgan fingerprint density at radius 1 is 1.39 bits per heavy atom. The predicted octanol–water partition coefficient (Wildman–Crippen LogP) is 4.95. The van der Waals surface area contributed by atoms with Crippen LogP contribution < -0.4 is 15.4 Å². The molecule has 1 rings (SSSR count). The maximum Gasteiger partial charge on any atom is 0.177 e. The number of anilines is 1. The van der Waals surface area contributed by atoms with Gasteiger partial charge >= 0.3 is 0 Å². The van der Waals surface area contributed by atoms with E-state index >= 15 is 0 Å². The highest BCUT2D eigenvalue weighted by Crippen LogP contribution is 2.31. The average molecular weight is 386 g/mol. The second kappa shape index (κ2) is 12.0. The van der Waals surface area contributed by atoms with Crippen LogP contribution in [0.1, 0.15) is 40.5 Å². The van der Waals surface area contributed by atoms with Gasteiger partial charge in [0.2, 0.25) is 0 Å². The predicted molar refractivity (Wildman–Crippen MR) is 118 cm³/mol. The summed E-state index contributed by atoms with van der Waals surface area (Å²) in [5.41, 5.74) is 0.730. The Morgan fingerprint density at radius 2 is 2.14 bits per heavy atom. The fourth-order valence-corrected chi connectivity index (χ4v) is 2.53. The summed E-state index contributed by atoms with van der Waals surface area (Å²) in [6, 6.07) is 4.89. The number of ether oxygens (including phenoxy) is 1. The van der Waals surface area contributed by atoms with E-state index in [9.17, 15) is 4.39 Å². The summed E-state index contributed by atoms with van der Waals surface area (Å²) in [7, 11) is 1.45. The van der Waals surface area contributed by atoms with E-state index in [1.165, 1.54) is 13.2 Å². The molecule has 152 valence electrons. The first-order chi connectivity index (χ1) is 13.4. The number of hydrogen-bond acceptors (Lipinski definition) is 4. The lowest BCUT2D eigenvalue weighted by Crippen LogP contribution is -2.33. The second-order valence-electron chi connectivity index (χ2n) is 6.83. The molecule has 28 heavy (non-hydrogen) atoms.